The molecule has 0 saturated carbocycles. The van der Waals surface area contributed by atoms with E-state index in [0.29, 0.717) is 34.6 Å². The first-order valence-corrected chi connectivity index (χ1v) is 5.86. The summed E-state index contributed by atoms with van der Waals surface area (Å²) >= 11 is 0. The number of nitrogen functional groups attached to an aromatic ring is 1. The highest BCUT2D eigenvalue weighted by molar-refractivity contribution is 5.57. The number of hydrogen-bond acceptors (Lipinski definition) is 6. The molecule has 0 atom stereocenters. The number of nitrogens with zero attached hydrogens (tertiary/aromatic N) is 2. The second kappa shape index (κ2) is 5.60. The van der Waals surface area contributed by atoms with E-state index in [-0.39, 0.29) is 0 Å². The summed E-state index contributed by atoms with van der Waals surface area (Å²) in [5.74, 6) is 2.30. The van der Waals surface area contributed by atoms with Crippen LogP contribution in [-0.2, 0) is 7.05 Å². The molecule has 0 radical (unpaired) electrons. The van der Waals surface area contributed by atoms with Gasteiger partial charge in [0.1, 0.15) is 11.4 Å². The summed E-state index contributed by atoms with van der Waals surface area (Å²) in [6.45, 7) is 0. The highest BCUT2D eigenvalue weighted by Crippen LogP contribution is 2.42. The number of hydrogen-bond donors (Lipinski definition) is 1. The molecule has 1 aromatic carbocycles. The molecule has 2 N–H and O–H groups in total. The van der Waals surface area contributed by atoms with Gasteiger partial charge in [-0.2, -0.15) is 0 Å². The van der Waals surface area contributed by atoms with Crippen LogP contribution in [0.1, 0.15) is 0 Å². The molecule has 0 aliphatic carbocycles. The van der Waals surface area contributed by atoms with Crippen molar-refractivity contribution in [1.29, 1.82) is 0 Å². The first-order valence-electron chi connectivity index (χ1n) is 5.86. The predicted octanol–water partition coefficient (Wildman–Crippen LogP) is 1.82. The van der Waals surface area contributed by atoms with Crippen molar-refractivity contribution in [3.63, 3.8) is 0 Å². The van der Waals surface area contributed by atoms with Crippen LogP contribution in [0.2, 0.25) is 0 Å². The predicted molar refractivity (Wildman–Crippen MR) is 73.8 cm³/mol. The zero-order chi connectivity index (χ0) is 14.7. The Morgan fingerprint density at radius 3 is 2.05 bits per heavy atom. The van der Waals surface area contributed by atoms with Gasteiger partial charge in [-0.05, 0) is 0 Å². The number of aryl methyl sites for hydroxylation is 1. The van der Waals surface area contributed by atoms with Crippen molar-refractivity contribution in [3.05, 3.63) is 18.3 Å². The van der Waals surface area contributed by atoms with Crippen LogP contribution in [0, 0.1) is 0 Å². The second-order valence-electron chi connectivity index (χ2n) is 4.03. The van der Waals surface area contributed by atoms with Crippen molar-refractivity contribution in [1.82, 2.24) is 9.78 Å². The van der Waals surface area contributed by atoms with Gasteiger partial charge >= 0.3 is 0 Å². The van der Waals surface area contributed by atoms with E-state index in [1.807, 2.05) is 0 Å². The molecule has 1 aromatic heterocycles. The lowest BCUT2D eigenvalue weighted by Crippen LogP contribution is -1.97. The Morgan fingerprint density at radius 2 is 1.65 bits per heavy atom. The number of aromatic nitrogens is 2. The minimum Gasteiger partial charge on any atom is -0.493 e. The SMILES string of the molecule is COc1cc(Oc2nn(C)cc2N)cc(OC)c1OC. The van der Waals surface area contributed by atoms with Crippen LogP contribution in [0.15, 0.2) is 18.3 Å². The quantitative estimate of drug-likeness (QED) is 0.899. The summed E-state index contributed by atoms with van der Waals surface area (Å²) in [4.78, 5) is 0. The monoisotopic (exact) mass is 279 g/mol. The van der Waals surface area contributed by atoms with E-state index in [0.717, 1.165) is 0 Å². The molecule has 0 unspecified atom stereocenters. The van der Waals surface area contributed by atoms with Gasteiger partial charge in [-0.25, -0.2) is 0 Å². The highest BCUT2D eigenvalue weighted by atomic mass is 16.5. The summed E-state index contributed by atoms with van der Waals surface area (Å²) in [7, 11) is 6.38. The number of rotatable bonds is 5. The molecule has 0 aliphatic rings. The van der Waals surface area contributed by atoms with Crippen LogP contribution in [0.4, 0.5) is 5.69 Å². The average Bonchev–Trinajstić information content (AvgIpc) is 2.75. The molecule has 0 bridgehead atoms. The van der Waals surface area contributed by atoms with Crippen molar-refractivity contribution >= 4 is 5.69 Å². The Bertz CT molecular complexity index is 585. The Morgan fingerprint density at radius 1 is 1.05 bits per heavy atom. The van der Waals surface area contributed by atoms with Gasteiger partial charge < -0.3 is 24.7 Å². The van der Waals surface area contributed by atoms with Crippen molar-refractivity contribution in [2.75, 3.05) is 27.1 Å². The summed E-state index contributed by atoms with van der Waals surface area (Å²) in [6, 6.07) is 3.35. The summed E-state index contributed by atoms with van der Waals surface area (Å²) in [5, 5.41) is 4.12. The van der Waals surface area contributed by atoms with E-state index in [2.05, 4.69) is 5.10 Å². The Hall–Kier alpha value is -2.57. The molecule has 0 saturated heterocycles. The molecule has 108 valence electrons. The van der Waals surface area contributed by atoms with E-state index >= 15 is 0 Å². The first kappa shape index (κ1) is 13.9. The van der Waals surface area contributed by atoms with Gasteiger partial charge in [-0.3, -0.25) is 4.68 Å². The normalized spacial score (nSPS) is 10.2. The zero-order valence-corrected chi connectivity index (χ0v) is 11.8. The molecular formula is C13H17N3O4. The van der Waals surface area contributed by atoms with Crippen molar-refractivity contribution in [3.8, 4) is 28.9 Å². The fourth-order valence-electron chi connectivity index (χ4n) is 1.79. The molecule has 0 aliphatic heterocycles. The fraction of sp³-hybridized carbons (Fsp3) is 0.308. The highest BCUT2D eigenvalue weighted by Gasteiger charge is 2.15. The van der Waals surface area contributed by atoms with Crippen LogP contribution in [0.3, 0.4) is 0 Å². The molecule has 1 heterocycles. The smallest absolute Gasteiger partial charge is 0.261 e. The second-order valence-corrected chi connectivity index (χ2v) is 4.03. The molecular weight excluding hydrogens is 262 g/mol. The molecule has 0 fully saturated rings. The number of benzene rings is 1. The Labute approximate surface area is 116 Å². The molecule has 0 spiro atoms. The van der Waals surface area contributed by atoms with Crippen LogP contribution in [-0.4, -0.2) is 31.1 Å². The van der Waals surface area contributed by atoms with Gasteiger partial charge in [0.05, 0.1) is 27.5 Å². The number of methoxy groups -OCH3 is 3. The first-order chi connectivity index (χ1) is 9.58. The number of nitrogens with two attached hydrogens (primary N) is 1. The van der Waals surface area contributed by atoms with Crippen molar-refractivity contribution < 1.29 is 18.9 Å². The van der Waals surface area contributed by atoms with E-state index in [1.165, 1.54) is 21.3 Å². The standard InChI is InChI=1S/C13H17N3O4/c1-16-7-9(14)13(15-16)20-8-5-10(17-2)12(19-4)11(6-8)18-3/h5-7H,14H2,1-4H3. The van der Waals surface area contributed by atoms with E-state index in [4.69, 9.17) is 24.7 Å². The lowest BCUT2D eigenvalue weighted by Gasteiger charge is -2.13. The van der Waals surface area contributed by atoms with Crippen LogP contribution in [0.5, 0.6) is 28.9 Å². The van der Waals surface area contributed by atoms with E-state index < -0.39 is 0 Å². The van der Waals surface area contributed by atoms with Gasteiger partial charge in [0.15, 0.2) is 11.5 Å². The maximum atomic E-state index is 5.79. The van der Waals surface area contributed by atoms with Gasteiger partial charge in [0, 0.05) is 19.2 Å². The molecule has 7 nitrogen and oxygen atoms in total. The van der Waals surface area contributed by atoms with Gasteiger partial charge in [-0.1, -0.05) is 0 Å². The van der Waals surface area contributed by atoms with Gasteiger partial charge in [0.25, 0.3) is 5.88 Å². The largest absolute Gasteiger partial charge is 0.493 e. The van der Waals surface area contributed by atoms with Crippen molar-refractivity contribution in [2.45, 2.75) is 0 Å². The third kappa shape index (κ3) is 2.56. The van der Waals surface area contributed by atoms with Crippen LogP contribution >= 0.6 is 0 Å². The Kier molecular flexibility index (Phi) is 3.88. The van der Waals surface area contributed by atoms with Gasteiger partial charge in [-0.15, -0.1) is 5.10 Å². The molecule has 7 heteroatoms. The summed E-state index contributed by atoms with van der Waals surface area (Å²) in [6.07, 6.45) is 1.66. The Balaban J connectivity index is 2.39. The third-order valence-electron chi connectivity index (χ3n) is 2.67. The number of anilines is 1. The maximum absolute atomic E-state index is 5.79. The molecule has 0 amide bonds. The van der Waals surface area contributed by atoms with E-state index in [9.17, 15) is 0 Å². The van der Waals surface area contributed by atoms with Crippen LogP contribution < -0.4 is 24.7 Å². The van der Waals surface area contributed by atoms with E-state index in [1.54, 1.807) is 30.1 Å². The zero-order valence-electron chi connectivity index (χ0n) is 11.8. The summed E-state index contributed by atoms with van der Waals surface area (Å²) < 4.78 is 23.0. The minimum absolute atomic E-state index is 0.321. The maximum Gasteiger partial charge on any atom is 0.261 e. The summed E-state index contributed by atoms with van der Waals surface area (Å²) in [5.41, 5.74) is 6.24. The number of ether oxygens (including phenoxy) is 4. The molecule has 2 aromatic rings. The minimum atomic E-state index is 0.321. The van der Waals surface area contributed by atoms with Gasteiger partial charge in [0.2, 0.25) is 5.75 Å². The van der Waals surface area contributed by atoms with Crippen LogP contribution in [0.25, 0.3) is 0 Å². The topological polar surface area (TPSA) is 80.8 Å². The molecule has 20 heavy (non-hydrogen) atoms. The lowest BCUT2D eigenvalue weighted by atomic mass is 10.2. The fourth-order valence-corrected chi connectivity index (χ4v) is 1.79. The third-order valence-corrected chi connectivity index (χ3v) is 2.67. The molecule has 2 rings (SSSR count). The van der Waals surface area contributed by atoms with Crippen molar-refractivity contribution in [2.24, 2.45) is 7.05 Å². The average molecular weight is 279 g/mol. The lowest BCUT2D eigenvalue weighted by molar-refractivity contribution is 0.320.